The molecule has 134 valence electrons. The summed E-state index contributed by atoms with van der Waals surface area (Å²) in [6, 6.07) is 18.1. The fourth-order valence-corrected chi connectivity index (χ4v) is 3.10. The minimum atomic E-state index is -0.122. The molecular weight excluding hydrogens is 324 g/mol. The van der Waals surface area contributed by atoms with Crippen LogP contribution in [-0.2, 0) is 13.6 Å². The maximum atomic E-state index is 12.8. The van der Waals surface area contributed by atoms with Crippen molar-refractivity contribution >= 4 is 17.3 Å². The summed E-state index contributed by atoms with van der Waals surface area (Å²) in [7, 11) is 3.89. The van der Waals surface area contributed by atoms with Crippen LogP contribution in [0.15, 0.2) is 54.6 Å². The van der Waals surface area contributed by atoms with Gasteiger partial charge in [-0.3, -0.25) is 9.48 Å². The average Bonchev–Trinajstić information content (AvgIpc) is 2.89. The van der Waals surface area contributed by atoms with Gasteiger partial charge >= 0.3 is 0 Å². The molecule has 0 unspecified atom stereocenters. The first-order valence-corrected chi connectivity index (χ1v) is 8.63. The number of rotatable bonds is 5. The van der Waals surface area contributed by atoms with Crippen molar-refractivity contribution in [1.29, 1.82) is 0 Å². The predicted octanol–water partition coefficient (Wildman–Crippen LogP) is 3.93. The van der Waals surface area contributed by atoms with Crippen molar-refractivity contribution in [1.82, 2.24) is 9.78 Å². The van der Waals surface area contributed by atoms with E-state index in [4.69, 9.17) is 0 Å². The Labute approximate surface area is 154 Å². The fraction of sp³-hybridized carbons (Fsp3) is 0.238. The number of carbonyl (C=O) groups excluding carboxylic acids is 1. The van der Waals surface area contributed by atoms with Crippen molar-refractivity contribution in [3.63, 3.8) is 0 Å². The maximum absolute atomic E-state index is 12.8. The normalized spacial score (nSPS) is 10.6. The van der Waals surface area contributed by atoms with Crippen LogP contribution in [0.3, 0.4) is 0 Å². The van der Waals surface area contributed by atoms with Gasteiger partial charge in [0.15, 0.2) is 0 Å². The molecule has 0 spiro atoms. The van der Waals surface area contributed by atoms with E-state index in [1.807, 2.05) is 70.4 Å². The minimum Gasteiger partial charge on any atom is -0.370 e. The first kappa shape index (κ1) is 17.7. The molecule has 0 saturated carbocycles. The van der Waals surface area contributed by atoms with Crippen LogP contribution >= 0.6 is 0 Å². The molecule has 0 atom stereocenters. The number of hydrogen-bond donors (Lipinski definition) is 1. The minimum absolute atomic E-state index is 0.122. The van der Waals surface area contributed by atoms with Gasteiger partial charge in [-0.15, -0.1) is 0 Å². The zero-order chi connectivity index (χ0) is 18.7. The molecule has 0 aliphatic rings. The number of aryl methyl sites for hydroxylation is 2. The molecule has 1 amide bonds. The van der Waals surface area contributed by atoms with E-state index in [9.17, 15) is 4.79 Å². The van der Waals surface area contributed by atoms with Gasteiger partial charge in [0.05, 0.1) is 11.3 Å². The van der Waals surface area contributed by atoms with E-state index in [1.54, 1.807) is 4.68 Å². The molecule has 5 heteroatoms. The summed E-state index contributed by atoms with van der Waals surface area (Å²) in [5, 5.41) is 7.39. The number of carbonyl (C=O) groups is 1. The molecule has 5 nitrogen and oxygen atoms in total. The highest BCUT2D eigenvalue weighted by atomic mass is 16.1. The summed E-state index contributed by atoms with van der Waals surface area (Å²) in [5.41, 5.74) is 5.25. The van der Waals surface area contributed by atoms with Gasteiger partial charge in [-0.05, 0) is 37.6 Å². The highest BCUT2D eigenvalue weighted by Crippen LogP contribution is 2.22. The van der Waals surface area contributed by atoms with Crippen molar-refractivity contribution in [2.75, 3.05) is 17.3 Å². The van der Waals surface area contributed by atoms with Crippen LogP contribution in [0.5, 0.6) is 0 Å². The highest BCUT2D eigenvalue weighted by Gasteiger charge is 2.18. The smallest absolute Gasteiger partial charge is 0.259 e. The van der Waals surface area contributed by atoms with E-state index in [0.29, 0.717) is 12.1 Å². The van der Waals surface area contributed by atoms with Crippen molar-refractivity contribution in [2.24, 2.45) is 7.05 Å². The third-order valence-electron chi connectivity index (χ3n) is 4.61. The monoisotopic (exact) mass is 348 g/mol. The lowest BCUT2D eigenvalue weighted by Crippen LogP contribution is -2.19. The maximum Gasteiger partial charge on any atom is 0.259 e. The Balaban J connectivity index is 1.82. The van der Waals surface area contributed by atoms with E-state index in [2.05, 4.69) is 27.4 Å². The lowest BCUT2D eigenvalue weighted by Gasteiger charge is -2.21. The lowest BCUT2D eigenvalue weighted by atomic mass is 10.1. The summed E-state index contributed by atoms with van der Waals surface area (Å²) < 4.78 is 1.74. The zero-order valence-electron chi connectivity index (χ0n) is 15.7. The number of anilines is 2. The summed E-state index contributed by atoms with van der Waals surface area (Å²) in [4.78, 5) is 15.0. The first-order valence-electron chi connectivity index (χ1n) is 8.63. The number of para-hydroxylation sites is 2. The number of aromatic nitrogens is 2. The third-order valence-corrected chi connectivity index (χ3v) is 4.61. The van der Waals surface area contributed by atoms with E-state index in [0.717, 1.165) is 28.3 Å². The first-order chi connectivity index (χ1) is 12.5. The van der Waals surface area contributed by atoms with Gasteiger partial charge in [-0.1, -0.05) is 36.4 Å². The van der Waals surface area contributed by atoms with Gasteiger partial charge in [0.2, 0.25) is 0 Å². The van der Waals surface area contributed by atoms with Crippen LogP contribution in [0.2, 0.25) is 0 Å². The van der Waals surface area contributed by atoms with E-state index < -0.39 is 0 Å². The summed E-state index contributed by atoms with van der Waals surface area (Å²) in [5.74, 6) is -0.122. The van der Waals surface area contributed by atoms with Gasteiger partial charge < -0.3 is 10.2 Å². The molecule has 0 bridgehead atoms. The van der Waals surface area contributed by atoms with Crippen LogP contribution in [0.1, 0.15) is 27.3 Å². The van der Waals surface area contributed by atoms with Crippen molar-refractivity contribution < 1.29 is 4.79 Å². The molecule has 0 radical (unpaired) electrons. The predicted molar refractivity (Wildman–Crippen MR) is 106 cm³/mol. The molecule has 0 saturated heterocycles. The standard InChI is InChI=1S/C21H24N4O/c1-15-20(16(2)25(4)23-15)21(26)22-19-13-9-8-10-17(19)14-24(3)18-11-6-5-7-12-18/h5-13H,14H2,1-4H3,(H,22,26). The van der Waals surface area contributed by atoms with Crippen LogP contribution in [0, 0.1) is 13.8 Å². The van der Waals surface area contributed by atoms with Crippen LogP contribution in [0.4, 0.5) is 11.4 Å². The van der Waals surface area contributed by atoms with Gasteiger partial charge in [0.25, 0.3) is 5.91 Å². The van der Waals surface area contributed by atoms with E-state index >= 15 is 0 Å². The van der Waals surface area contributed by atoms with Gasteiger partial charge in [0.1, 0.15) is 0 Å². The Morgan fingerprint density at radius 3 is 2.38 bits per heavy atom. The quantitative estimate of drug-likeness (QED) is 0.760. The Morgan fingerprint density at radius 1 is 1.08 bits per heavy atom. The second-order valence-electron chi connectivity index (χ2n) is 6.47. The van der Waals surface area contributed by atoms with Crippen molar-refractivity contribution in [2.45, 2.75) is 20.4 Å². The van der Waals surface area contributed by atoms with Crippen LogP contribution in [0.25, 0.3) is 0 Å². The molecule has 3 aromatic rings. The van der Waals surface area contributed by atoms with Crippen LogP contribution in [-0.4, -0.2) is 22.7 Å². The number of nitrogens with zero attached hydrogens (tertiary/aromatic N) is 3. The number of nitrogens with one attached hydrogen (secondary N) is 1. The Morgan fingerprint density at radius 2 is 1.73 bits per heavy atom. The fourth-order valence-electron chi connectivity index (χ4n) is 3.10. The van der Waals surface area contributed by atoms with Crippen molar-refractivity contribution in [3.05, 3.63) is 77.1 Å². The molecule has 2 aromatic carbocycles. The molecule has 1 heterocycles. The molecule has 1 N–H and O–H groups in total. The summed E-state index contributed by atoms with van der Waals surface area (Å²) in [6.45, 7) is 4.46. The Bertz CT molecular complexity index is 915. The zero-order valence-corrected chi connectivity index (χ0v) is 15.7. The highest BCUT2D eigenvalue weighted by molar-refractivity contribution is 6.06. The molecular formula is C21H24N4O. The van der Waals surface area contributed by atoms with Gasteiger partial charge in [-0.25, -0.2) is 0 Å². The lowest BCUT2D eigenvalue weighted by molar-refractivity contribution is 0.102. The molecule has 3 rings (SSSR count). The summed E-state index contributed by atoms with van der Waals surface area (Å²) >= 11 is 0. The molecule has 0 fully saturated rings. The SMILES string of the molecule is Cc1nn(C)c(C)c1C(=O)Nc1ccccc1CN(C)c1ccccc1. The van der Waals surface area contributed by atoms with Crippen molar-refractivity contribution in [3.8, 4) is 0 Å². The second-order valence-corrected chi connectivity index (χ2v) is 6.47. The molecule has 0 aliphatic carbocycles. The van der Waals surface area contributed by atoms with Gasteiger partial charge in [0, 0.05) is 37.7 Å². The topological polar surface area (TPSA) is 50.2 Å². The van der Waals surface area contributed by atoms with E-state index in [-0.39, 0.29) is 5.91 Å². The van der Waals surface area contributed by atoms with E-state index in [1.165, 1.54) is 0 Å². The van der Waals surface area contributed by atoms with Gasteiger partial charge in [-0.2, -0.15) is 5.10 Å². The Kier molecular flexibility index (Phi) is 5.07. The second kappa shape index (κ2) is 7.44. The largest absolute Gasteiger partial charge is 0.370 e. The number of amides is 1. The molecule has 0 aliphatic heterocycles. The molecule has 1 aromatic heterocycles. The molecule has 26 heavy (non-hydrogen) atoms. The average molecular weight is 348 g/mol. The van der Waals surface area contributed by atoms with Crippen LogP contribution < -0.4 is 10.2 Å². The number of benzene rings is 2. The number of hydrogen-bond acceptors (Lipinski definition) is 3. The third kappa shape index (κ3) is 3.61. The summed E-state index contributed by atoms with van der Waals surface area (Å²) in [6.07, 6.45) is 0. The Hall–Kier alpha value is -3.08.